The zero-order valence-corrected chi connectivity index (χ0v) is 15.0. The Kier molecular flexibility index (Phi) is 5.75. The number of benzene rings is 1. The minimum absolute atomic E-state index is 0. The first kappa shape index (κ1) is 18.2. The zero-order chi connectivity index (χ0) is 17.1. The summed E-state index contributed by atoms with van der Waals surface area (Å²) >= 11 is 0. The molecule has 2 aromatic heterocycles. The highest BCUT2D eigenvalue weighted by atomic mass is 35.5. The van der Waals surface area contributed by atoms with E-state index in [2.05, 4.69) is 15.7 Å². The lowest BCUT2D eigenvalue weighted by Crippen LogP contribution is -2.46. The molecule has 0 unspecified atom stereocenters. The van der Waals surface area contributed by atoms with Crippen LogP contribution in [0.5, 0.6) is 0 Å². The van der Waals surface area contributed by atoms with Crippen molar-refractivity contribution in [2.24, 2.45) is 0 Å². The number of carbonyl (C=O) groups excluding carboxylic acids is 1. The van der Waals surface area contributed by atoms with Crippen LogP contribution in [0.4, 0.5) is 0 Å². The maximum absolute atomic E-state index is 12.9. The van der Waals surface area contributed by atoms with Gasteiger partial charge in [0, 0.05) is 18.7 Å². The van der Waals surface area contributed by atoms with E-state index in [-0.39, 0.29) is 24.4 Å². The second kappa shape index (κ2) is 8.21. The van der Waals surface area contributed by atoms with Crippen molar-refractivity contribution >= 4 is 18.3 Å². The Morgan fingerprint density at radius 2 is 2.08 bits per heavy atom. The first-order valence-electron chi connectivity index (χ1n) is 8.52. The fourth-order valence-electron chi connectivity index (χ4n) is 3.09. The molecule has 1 atom stereocenters. The number of aromatic nitrogens is 2. The van der Waals surface area contributed by atoms with Gasteiger partial charge < -0.3 is 15.1 Å². The van der Waals surface area contributed by atoms with Crippen LogP contribution in [-0.4, -0.2) is 34.8 Å². The summed E-state index contributed by atoms with van der Waals surface area (Å²) < 4.78 is 7.11. The van der Waals surface area contributed by atoms with Crippen LogP contribution in [0.3, 0.4) is 0 Å². The van der Waals surface area contributed by atoms with Crippen molar-refractivity contribution in [1.29, 1.82) is 0 Å². The number of halogens is 1. The van der Waals surface area contributed by atoms with E-state index in [0.29, 0.717) is 17.1 Å². The molecular formula is C19H21ClN4O2. The quantitative estimate of drug-likeness (QED) is 0.738. The van der Waals surface area contributed by atoms with Gasteiger partial charge in [0.2, 0.25) is 0 Å². The van der Waals surface area contributed by atoms with E-state index in [0.717, 1.165) is 31.6 Å². The van der Waals surface area contributed by atoms with Crippen LogP contribution in [0.1, 0.15) is 23.3 Å². The molecule has 1 amide bonds. The standard InChI is InChI=1S/C19H20N4O2.ClH/c24-19(21-14-6-4-10-20-13-14)17-12-16(18-9-5-11-25-18)22-23(17)15-7-2-1-3-8-15;/h1-3,5,7-9,11-12,14,20H,4,6,10,13H2,(H,21,24);1H/t14-;/m0./s1. The molecule has 1 aliphatic rings. The van der Waals surface area contributed by atoms with Crippen molar-refractivity contribution in [3.63, 3.8) is 0 Å². The number of para-hydroxylation sites is 1. The highest BCUT2D eigenvalue weighted by Gasteiger charge is 2.22. The summed E-state index contributed by atoms with van der Waals surface area (Å²) in [4.78, 5) is 12.9. The van der Waals surface area contributed by atoms with Crippen LogP contribution >= 0.6 is 12.4 Å². The molecule has 6 nitrogen and oxygen atoms in total. The predicted molar refractivity (Wildman–Crippen MR) is 102 cm³/mol. The summed E-state index contributed by atoms with van der Waals surface area (Å²) in [6.45, 7) is 1.81. The topological polar surface area (TPSA) is 72.1 Å². The summed E-state index contributed by atoms with van der Waals surface area (Å²) in [7, 11) is 0. The summed E-state index contributed by atoms with van der Waals surface area (Å²) in [5.74, 6) is 0.519. The van der Waals surface area contributed by atoms with E-state index in [4.69, 9.17) is 4.42 Å². The van der Waals surface area contributed by atoms with Gasteiger partial charge >= 0.3 is 0 Å². The number of nitrogens with zero attached hydrogens (tertiary/aromatic N) is 2. The summed E-state index contributed by atoms with van der Waals surface area (Å²) in [5.41, 5.74) is 1.98. The van der Waals surface area contributed by atoms with Crippen LogP contribution in [0.15, 0.2) is 59.2 Å². The predicted octanol–water partition coefficient (Wildman–Crippen LogP) is 3.04. The first-order chi connectivity index (χ1) is 12.3. The third-order valence-corrected chi connectivity index (χ3v) is 4.35. The van der Waals surface area contributed by atoms with Gasteiger partial charge in [-0.05, 0) is 43.7 Å². The molecule has 0 spiro atoms. The zero-order valence-electron chi connectivity index (χ0n) is 14.2. The Bertz CT molecular complexity index is 840. The molecule has 2 N–H and O–H groups in total. The van der Waals surface area contributed by atoms with Crippen molar-refractivity contribution in [1.82, 2.24) is 20.4 Å². The van der Waals surface area contributed by atoms with E-state index < -0.39 is 0 Å². The highest BCUT2D eigenvalue weighted by molar-refractivity contribution is 5.94. The number of furan rings is 1. The van der Waals surface area contributed by atoms with Gasteiger partial charge in [0.05, 0.1) is 12.0 Å². The van der Waals surface area contributed by atoms with Gasteiger partial charge in [-0.15, -0.1) is 12.4 Å². The Morgan fingerprint density at radius 3 is 2.77 bits per heavy atom. The van der Waals surface area contributed by atoms with Gasteiger partial charge in [-0.1, -0.05) is 18.2 Å². The Labute approximate surface area is 158 Å². The van der Waals surface area contributed by atoms with E-state index >= 15 is 0 Å². The average molecular weight is 373 g/mol. The monoisotopic (exact) mass is 372 g/mol. The Hall–Kier alpha value is -2.57. The molecule has 0 aliphatic carbocycles. The van der Waals surface area contributed by atoms with Crippen molar-refractivity contribution in [3.05, 3.63) is 60.5 Å². The van der Waals surface area contributed by atoms with Gasteiger partial charge in [-0.25, -0.2) is 4.68 Å². The molecule has 0 radical (unpaired) electrons. The first-order valence-corrected chi connectivity index (χ1v) is 8.52. The average Bonchev–Trinajstić information content (AvgIpc) is 3.33. The van der Waals surface area contributed by atoms with Crippen molar-refractivity contribution in [2.75, 3.05) is 13.1 Å². The lowest BCUT2D eigenvalue weighted by Gasteiger charge is -2.23. The van der Waals surface area contributed by atoms with Crippen LogP contribution in [-0.2, 0) is 0 Å². The molecule has 136 valence electrons. The lowest BCUT2D eigenvalue weighted by molar-refractivity contribution is 0.0923. The third-order valence-electron chi connectivity index (χ3n) is 4.35. The maximum Gasteiger partial charge on any atom is 0.270 e. The van der Waals surface area contributed by atoms with E-state index in [1.807, 2.05) is 42.5 Å². The number of nitrogens with one attached hydrogen (secondary N) is 2. The van der Waals surface area contributed by atoms with Crippen molar-refractivity contribution in [2.45, 2.75) is 18.9 Å². The minimum Gasteiger partial charge on any atom is -0.463 e. The fourth-order valence-corrected chi connectivity index (χ4v) is 3.09. The summed E-state index contributed by atoms with van der Waals surface area (Å²) in [6.07, 6.45) is 3.66. The van der Waals surface area contributed by atoms with Crippen molar-refractivity contribution < 1.29 is 9.21 Å². The summed E-state index contributed by atoms with van der Waals surface area (Å²) in [5, 5.41) is 11.0. The van der Waals surface area contributed by atoms with E-state index in [1.165, 1.54) is 0 Å². The molecule has 4 rings (SSSR count). The molecule has 7 heteroatoms. The molecular weight excluding hydrogens is 352 g/mol. The van der Waals surface area contributed by atoms with Gasteiger partial charge in [0.15, 0.2) is 5.76 Å². The Balaban J connectivity index is 0.00000196. The van der Waals surface area contributed by atoms with E-state index in [1.54, 1.807) is 17.0 Å². The maximum atomic E-state index is 12.9. The number of carbonyl (C=O) groups is 1. The molecule has 1 saturated heterocycles. The van der Waals surface area contributed by atoms with Gasteiger partial charge in [-0.2, -0.15) is 5.10 Å². The van der Waals surface area contributed by atoms with Crippen LogP contribution in [0.2, 0.25) is 0 Å². The molecule has 0 bridgehead atoms. The van der Waals surface area contributed by atoms with Crippen LogP contribution in [0.25, 0.3) is 17.1 Å². The molecule has 26 heavy (non-hydrogen) atoms. The van der Waals surface area contributed by atoms with Crippen LogP contribution in [0, 0.1) is 0 Å². The fraction of sp³-hybridized carbons (Fsp3) is 0.263. The van der Waals surface area contributed by atoms with Gasteiger partial charge in [-0.3, -0.25) is 4.79 Å². The van der Waals surface area contributed by atoms with Gasteiger partial charge in [0.25, 0.3) is 5.91 Å². The lowest BCUT2D eigenvalue weighted by atomic mass is 10.1. The molecule has 3 heterocycles. The molecule has 1 aromatic carbocycles. The number of piperidine rings is 1. The minimum atomic E-state index is -0.122. The highest BCUT2D eigenvalue weighted by Crippen LogP contribution is 2.22. The molecule has 3 aromatic rings. The molecule has 1 fully saturated rings. The number of hydrogen-bond donors (Lipinski definition) is 2. The van der Waals surface area contributed by atoms with Gasteiger partial charge in [0.1, 0.15) is 11.4 Å². The third kappa shape index (κ3) is 3.81. The van der Waals surface area contributed by atoms with E-state index in [9.17, 15) is 4.79 Å². The second-order valence-electron chi connectivity index (χ2n) is 6.16. The Morgan fingerprint density at radius 1 is 1.23 bits per heavy atom. The second-order valence-corrected chi connectivity index (χ2v) is 6.16. The molecule has 1 aliphatic heterocycles. The molecule has 0 saturated carbocycles. The SMILES string of the molecule is Cl.O=C(N[C@H]1CCCNC1)c1cc(-c2ccco2)nn1-c1ccccc1. The smallest absolute Gasteiger partial charge is 0.270 e. The largest absolute Gasteiger partial charge is 0.463 e. The number of hydrogen-bond acceptors (Lipinski definition) is 4. The van der Waals surface area contributed by atoms with Crippen molar-refractivity contribution in [3.8, 4) is 17.1 Å². The normalized spacial score (nSPS) is 16.7. The number of amides is 1. The number of rotatable bonds is 4. The summed E-state index contributed by atoms with van der Waals surface area (Å²) in [6, 6.07) is 15.2. The van der Waals surface area contributed by atoms with Crippen LogP contribution < -0.4 is 10.6 Å².